The van der Waals surface area contributed by atoms with Crippen LogP contribution in [0.1, 0.15) is 50.8 Å². The van der Waals surface area contributed by atoms with Crippen LogP contribution in [0.4, 0.5) is 0 Å². The minimum Gasteiger partial charge on any atom is -0.508 e. The summed E-state index contributed by atoms with van der Waals surface area (Å²) in [5.41, 5.74) is 3.40. The quantitative estimate of drug-likeness (QED) is 0.524. The average Bonchev–Trinajstić information content (AvgIpc) is 2.80. The summed E-state index contributed by atoms with van der Waals surface area (Å²) in [7, 11) is 0. The first kappa shape index (κ1) is 24.6. The topological polar surface area (TPSA) is 84.8 Å². The van der Waals surface area contributed by atoms with E-state index in [-0.39, 0.29) is 29.2 Å². The maximum Gasteiger partial charge on any atom is 0.237 e. The van der Waals surface area contributed by atoms with Gasteiger partial charge in [-0.2, -0.15) is 0 Å². The summed E-state index contributed by atoms with van der Waals surface area (Å²) in [4.78, 5) is 15.6. The van der Waals surface area contributed by atoms with Crippen LogP contribution in [0.3, 0.4) is 0 Å². The van der Waals surface area contributed by atoms with E-state index in [1.807, 2.05) is 18.2 Å². The summed E-state index contributed by atoms with van der Waals surface area (Å²) in [5, 5.41) is 26.3. The van der Waals surface area contributed by atoms with Crippen LogP contribution in [0.5, 0.6) is 11.5 Å². The molecule has 2 aliphatic heterocycles. The first-order valence-electron chi connectivity index (χ1n) is 12.5. The average molecular weight is 466 g/mol. The number of amides is 1. The van der Waals surface area contributed by atoms with E-state index >= 15 is 0 Å². The highest BCUT2D eigenvalue weighted by molar-refractivity contribution is 5.82. The van der Waals surface area contributed by atoms with E-state index in [9.17, 15) is 15.0 Å². The van der Waals surface area contributed by atoms with Gasteiger partial charge in [0.1, 0.15) is 11.5 Å². The fourth-order valence-corrected chi connectivity index (χ4v) is 5.44. The number of aromatic hydroxyl groups is 2. The zero-order valence-corrected chi connectivity index (χ0v) is 20.8. The molecule has 0 bridgehead atoms. The van der Waals surface area contributed by atoms with E-state index in [1.165, 1.54) is 5.56 Å². The number of piperidine rings is 1. The number of hydrogen-bond donors (Lipinski definition) is 4. The Kier molecular flexibility index (Phi) is 7.20. The number of benzene rings is 2. The van der Waals surface area contributed by atoms with Gasteiger partial charge in [0.2, 0.25) is 5.91 Å². The van der Waals surface area contributed by atoms with Crippen LogP contribution in [0.2, 0.25) is 0 Å². The second kappa shape index (κ2) is 9.96. The van der Waals surface area contributed by atoms with Crippen molar-refractivity contribution in [2.75, 3.05) is 19.6 Å². The molecule has 184 valence electrons. The first-order valence-corrected chi connectivity index (χ1v) is 12.5. The molecule has 4 atom stereocenters. The van der Waals surface area contributed by atoms with Gasteiger partial charge in [0.05, 0.1) is 6.04 Å². The number of nitrogens with one attached hydrogen (secondary N) is 2. The van der Waals surface area contributed by atoms with Gasteiger partial charge in [-0.15, -0.1) is 0 Å². The molecular formula is C28H39N3O3. The molecule has 2 heterocycles. The van der Waals surface area contributed by atoms with Crippen LogP contribution in [-0.2, 0) is 23.2 Å². The number of phenolic OH excluding ortho intramolecular Hbond substituents is 2. The summed E-state index contributed by atoms with van der Waals surface area (Å²) < 4.78 is 0. The van der Waals surface area contributed by atoms with Crippen molar-refractivity contribution in [1.82, 2.24) is 15.5 Å². The highest BCUT2D eigenvalue weighted by atomic mass is 16.3. The van der Waals surface area contributed by atoms with E-state index < -0.39 is 0 Å². The van der Waals surface area contributed by atoms with E-state index in [0.717, 1.165) is 37.2 Å². The highest BCUT2D eigenvalue weighted by Crippen LogP contribution is 2.40. The number of hydrogen-bond acceptors (Lipinski definition) is 5. The van der Waals surface area contributed by atoms with Crippen LogP contribution in [0.15, 0.2) is 42.5 Å². The third-order valence-electron chi connectivity index (χ3n) is 8.13. The molecule has 4 N–H and O–H groups in total. The monoisotopic (exact) mass is 465 g/mol. The van der Waals surface area contributed by atoms with Crippen molar-refractivity contribution in [2.45, 2.75) is 64.6 Å². The molecule has 2 aromatic rings. The Morgan fingerprint density at radius 2 is 1.94 bits per heavy atom. The van der Waals surface area contributed by atoms with Gasteiger partial charge in [-0.3, -0.25) is 4.79 Å². The molecule has 1 fully saturated rings. The predicted molar refractivity (Wildman–Crippen MR) is 135 cm³/mol. The van der Waals surface area contributed by atoms with Crippen LogP contribution in [0.25, 0.3) is 0 Å². The minimum atomic E-state index is -0.257. The Morgan fingerprint density at radius 1 is 1.18 bits per heavy atom. The predicted octanol–water partition coefficient (Wildman–Crippen LogP) is 3.55. The lowest BCUT2D eigenvalue weighted by molar-refractivity contribution is -0.124. The first-order chi connectivity index (χ1) is 16.2. The molecule has 0 aromatic heterocycles. The maximum atomic E-state index is 13.2. The maximum absolute atomic E-state index is 13.2. The van der Waals surface area contributed by atoms with Crippen molar-refractivity contribution in [3.63, 3.8) is 0 Å². The Hall–Kier alpha value is -2.57. The largest absolute Gasteiger partial charge is 0.508 e. The summed E-state index contributed by atoms with van der Waals surface area (Å²) in [5.74, 6) is 1.39. The van der Waals surface area contributed by atoms with Crippen molar-refractivity contribution in [2.24, 2.45) is 11.8 Å². The van der Waals surface area contributed by atoms with Gasteiger partial charge in [-0.1, -0.05) is 45.9 Å². The summed E-state index contributed by atoms with van der Waals surface area (Å²) in [6.45, 7) is 12.3. The van der Waals surface area contributed by atoms with E-state index in [4.69, 9.17) is 0 Å². The van der Waals surface area contributed by atoms with E-state index in [2.05, 4.69) is 49.3 Å². The second-order valence-corrected chi connectivity index (χ2v) is 10.8. The molecule has 2 aromatic carbocycles. The number of nitrogens with zero attached hydrogens (tertiary/aromatic N) is 1. The Morgan fingerprint density at radius 3 is 2.65 bits per heavy atom. The van der Waals surface area contributed by atoms with Crippen molar-refractivity contribution < 1.29 is 15.0 Å². The third-order valence-corrected chi connectivity index (χ3v) is 8.13. The summed E-state index contributed by atoms with van der Waals surface area (Å²) in [6, 6.07) is 12.9. The van der Waals surface area contributed by atoms with Gasteiger partial charge in [0.25, 0.3) is 0 Å². The number of fused-ring (bicyclic) bond motifs is 1. The van der Waals surface area contributed by atoms with E-state index in [0.29, 0.717) is 30.6 Å². The van der Waals surface area contributed by atoms with Crippen molar-refractivity contribution in [3.8, 4) is 11.5 Å². The number of carbonyl (C=O) groups excluding carboxylic acids is 1. The number of likely N-dealkylation sites (tertiary alicyclic amines) is 1. The molecule has 2 aliphatic rings. The Balaban J connectivity index is 1.36. The molecule has 4 rings (SSSR count). The zero-order chi connectivity index (χ0) is 24.5. The van der Waals surface area contributed by atoms with Gasteiger partial charge in [0.15, 0.2) is 0 Å². The normalized spacial score (nSPS) is 26.1. The lowest BCUT2D eigenvalue weighted by atomic mass is 9.68. The van der Waals surface area contributed by atoms with Gasteiger partial charge < -0.3 is 25.7 Å². The van der Waals surface area contributed by atoms with Crippen molar-refractivity contribution in [3.05, 3.63) is 59.2 Å². The number of phenols is 2. The molecule has 0 unspecified atom stereocenters. The summed E-state index contributed by atoms with van der Waals surface area (Å²) in [6.07, 6.45) is 1.65. The fourth-order valence-electron chi connectivity index (χ4n) is 5.44. The van der Waals surface area contributed by atoms with Gasteiger partial charge in [-0.25, -0.2) is 0 Å². The van der Waals surface area contributed by atoms with Gasteiger partial charge >= 0.3 is 0 Å². The van der Waals surface area contributed by atoms with Crippen molar-refractivity contribution in [1.29, 1.82) is 0 Å². The highest BCUT2D eigenvalue weighted by Gasteiger charge is 2.39. The molecule has 6 heteroatoms. The van der Waals surface area contributed by atoms with Crippen LogP contribution in [0, 0.1) is 11.8 Å². The number of rotatable bonds is 6. The number of carbonyl (C=O) groups is 1. The third kappa shape index (κ3) is 5.23. The van der Waals surface area contributed by atoms with Gasteiger partial charge in [0, 0.05) is 25.7 Å². The Labute approximate surface area is 203 Å². The SMILES string of the molecule is CC(C)[C@H](CN1CC[C@](C)(c2cccc(O)c2)[C@H](C)C1)NC(=O)[C@@H]1Cc2ccc(O)cc2CN1. The van der Waals surface area contributed by atoms with Gasteiger partial charge in [-0.05, 0) is 77.6 Å². The van der Waals surface area contributed by atoms with Crippen molar-refractivity contribution >= 4 is 5.91 Å². The molecule has 1 saturated heterocycles. The van der Waals surface area contributed by atoms with Crippen LogP contribution < -0.4 is 10.6 Å². The van der Waals surface area contributed by atoms with E-state index in [1.54, 1.807) is 18.2 Å². The van der Waals surface area contributed by atoms with Crippen LogP contribution in [-0.4, -0.2) is 52.7 Å². The molecule has 0 aliphatic carbocycles. The molecular weight excluding hydrogens is 426 g/mol. The molecule has 1 amide bonds. The lowest BCUT2D eigenvalue weighted by Crippen LogP contribution is -2.56. The molecule has 6 nitrogen and oxygen atoms in total. The smallest absolute Gasteiger partial charge is 0.237 e. The molecule has 0 spiro atoms. The standard InChI is InChI=1S/C28H39N3O3/c1-18(2)26(30-27(34)25-13-20-8-9-24(33)12-21(20)15-29-25)17-31-11-10-28(4,19(3)16-31)22-6-5-7-23(32)14-22/h5-9,12,14,18-19,25-26,29,32-33H,10-11,13,15-17H2,1-4H3,(H,30,34)/t19-,25+,26+,28+/m1/s1. The fraction of sp³-hybridized carbons (Fsp3) is 0.536. The second-order valence-electron chi connectivity index (χ2n) is 10.8. The lowest BCUT2D eigenvalue weighted by Gasteiger charge is -2.46. The molecule has 0 saturated carbocycles. The van der Waals surface area contributed by atoms with Crippen LogP contribution >= 0.6 is 0 Å². The molecule has 34 heavy (non-hydrogen) atoms. The summed E-state index contributed by atoms with van der Waals surface area (Å²) >= 11 is 0. The minimum absolute atomic E-state index is 0.0274. The molecule has 0 radical (unpaired) electrons. The Bertz CT molecular complexity index is 1020. The zero-order valence-electron chi connectivity index (χ0n) is 20.8.